The maximum Gasteiger partial charge on any atom is 0.191 e. The van der Waals surface area contributed by atoms with Crippen LogP contribution in [0.15, 0.2) is 52.5 Å². The molecule has 0 bridgehead atoms. The average molecular weight is 398 g/mol. The number of carbonyl (C=O) groups is 1. The summed E-state index contributed by atoms with van der Waals surface area (Å²) in [7, 11) is 1.95. The summed E-state index contributed by atoms with van der Waals surface area (Å²) in [6.45, 7) is 6.16. The lowest BCUT2D eigenvalue weighted by Gasteiger charge is -2.06. The number of thioether (sulfide) groups is 2. The van der Waals surface area contributed by atoms with Crippen LogP contribution < -0.4 is 0 Å². The lowest BCUT2D eigenvalue weighted by molar-refractivity contribution is 0.102. The van der Waals surface area contributed by atoms with Gasteiger partial charge in [-0.2, -0.15) is 0 Å². The van der Waals surface area contributed by atoms with Gasteiger partial charge in [0.25, 0.3) is 0 Å². The highest BCUT2D eigenvalue weighted by Gasteiger charge is 2.13. The fraction of sp³-hybridized carbons (Fsp3) is 0.286. The van der Waals surface area contributed by atoms with Crippen molar-refractivity contribution in [1.82, 2.24) is 14.8 Å². The molecule has 0 fully saturated rings. The maximum absolute atomic E-state index is 12.5. The monoisotopic (exact) mass is 397 g/mol. The maximum atomic E-state index is 12.5. The standard InChI is InChI=1S/C21H23N3OS2/c1-14-5-9-18(10-6-14)26-13-20-22-23-21(24(20)4)27-12-19(25)17-8-7-15(2)16(3)11-17/h5-11H,12-13H2,1-4H3. The van der Waals surface area contributed by atoms with Gasteiger partial charge in [-0.3, -0.25) is 4.79 Å². The number of benzene rings is 2. The van der Waals surface area contributed by atoms with Crippen molar-refractivity contribution >= 4 is 29.3 Å². The molecule has 3 rings (SSSR count). The van der Waals surface area contributed by atoms with Crippen LogP contribution in [0.1, 0.15) is 32.9 Å². The molecule has 3 aromatic rings. The van der Waals surface area contributed by atoms with Gasteiger partial charge < -0.3 is 4.57 Å². The average Bonchev–Trinajstić information content (AvgIpc) is 3.01. The van der Waals surface area contributed by atoms with Crippen LogP contribution in [0.5, 0.6) is 0 Å². The van der Waals surface area contributed by atoms with Crippen molar-refractivity contribution in [2.75, 3.05) is 5.75 Å². The summed E-state index contributed by atoms with van der Waals surface area (Å²) in [6.07, 6.45) is 0. The van der Waals surface area contributed by atoms with Gasteiger partial charge in [0.05, 0.1) is 11.5 Å². The van der Waals surface area contributed by atoms with Gasteiger partial charge in [-0.15, -0.1) is 22.0 Å². The minimum atomic E-state index is 0.113. The number of rotatable bonds is 7. The Labute approximate surface area is 168 Å². The molecule has 4 nitrogen and oxygen atoms in total. The van der Waals surface area contributed by atoms with Crippen LogP contribution in [0.3, 0.4) is 0 Å². The molecule has 0 atom stereocenters. The number of Topliss-reactive ketones (excluding diaryl/α,β-unsaturated/α-hetero) is 1. The van der Waals surface area contributed by atoms with E-state index in [4.69, 9.17) is 0 Å². The highest BCUT2D eigenvalue weighted by Crippen LogP contribution is 2.24. The second-order valence-corrected chi connectivity index (χ2v) is 8.56. The second-order valence-electron chi connectivity index (χ2n) is 6.57. The van der Waals surface area contributed by atoms with E-state index in [9.17, 15) is 4.79 Å². The normalized spacial score (nSPS) is 11.0. The molecule has 0 spiro atoms. The summed E-state index contributed by atoms with van der Waals surface area (Å²) in [5, 5.41) is 9.30. The Morgan fingerprint density at radius 3 is 2.41 bits per heavy atom. The Morgan fingerprint density at radius 2 is 1.70 bits per heavy atom. The van der Waals surface area contributed by atoms with E-state index in [0.29, 0.717) is 5.75 Å². The van der Waals surface area contributed by atoms with Crippen LogP contribution >= 0.6 is 23.5 Å². The van der Waals surface area contributed by atoms with E-state index in [1.165, 1.54) is 27.8 Å². The molecule has 0 unspecified atom stereocenters. The molecular weight excluding hydrogens is 374 g/mol. The molecule has 1 heterocycles. The molecule has 2 aromatic carbocycles. The van der Waals surface area contributed by atoms with E-state index in [-0.39, 0.29) is 5.78 Å². The molecule has 0 radical (unpaired) electrons. The minimum absolute atomic E-state index is 0.113. The number of hydrogen-bond acceptors (Lipinski definition) is 5. The Morgan fingerprint density at radius 1 is 0.963 bits per heavy atom. The molecular formula is C21H23N3OS2. The Bertz CT molecular complexity index is 949. The van der Waals surface area contributed by atoms with Crippen molar-refractivity contribution < 1.29 is 4.79 Å². The first-order chi connectivity index (χ1) is 12.9. The van der Waals surface area contributed by atoms with E-state index >= 15 is 0 Å². The number of aromatic nitrogens is 3. The highest BCUT2D eigenvalue weighted by molar-refractivity contribution is 7.99. The van der Waals surface area contributed by atoms with E-state index in [1.807, 2.05) is 43.7 Å². The third kappa shape index (κ3) is 5.02. The Balaban J connectivity index is 1.59. The van der Waals surface area contributed by atoms with Crippen LogP contribution in [0.2, 0.25) is 0 Å². The topological polar surface area (TPSA) is 47.8 Å². The molecule has 0 saturated heterocycles. The van der Waals surface area contributed by atoms with Gasteiger partial charge in [0, 0.05) is 17.5 Å². The number of carbonyl (C=O) groups excluding carboxylic acids is 1. The van der Waals surface area contributed by atoms with Crippen LogP contribution in [0, 0.1) is 20.8 Å². The van der Waals surface area contributed by atoms with Gasteiger partial charge in [0.2, 0.25) is 0 Å². The van der Waals surface area contributed by atoms with Gasteiger partial charge in [-0.05, 0) is 50.1 Å². The summed E-state index contributed by atoms with van der Waals surface area (Å²) in [4.78, 5) is 13.7. The molecule has 0 N–H and O–H groups in total. The van der Waals surface area contributed by atoms with Crippen molar-refractivity contribution in [3.63, 3.8) is 0 Å². The zero-order chi connectivity index (χ0) is 19.4. The van der Waals surface area contributed by atoms with Crippen molar-refractivity contribution in [3.05, 3.63) is 70.5 Å². The third-order valence-corrected chi connectivity index (χ3v) is 6.50. The number of aryl methyl sites for hydroxylation is 3. The number of ketones is 1. The first-order valence-corrected chi connectivity index (χ1v) is 10.7. The first kappa shape index (κ1) is 19.7. The van der Waals surface area contributed by atoms with Crippen LogP contribution in [0.25, 0.3) is 0 Å². The first-order valence-electron chi connectivity index (χ1n) is 8.75. The molecule has 0 amide bonds. The summed E-state index contributed by atoms with van der Waals surface area (Å²) in [5.74, 6) is 2.13. The summed E-state index contributed by atoms with van der Waals surface area (Å²) in [5.41, 5.74) is 4.34. The molecule has 0 aliphatic rings. The number of nitrogens with zero attached hydrogens (tertiary/aromatic N) is 3. The zero-order valence-electron chi connectivity index (χ0n) is 16.0. The molecule has 0 saturated carbocycles. The molecule has 140 valence electrons. The third-order valence-electron chi connectivity index (χ3n) is 4.48. The Hall–Kier alpha value is -2.05. The van der Waals surface area contributed by atoms with Crippen molar-refractivity contribution in [3.8, 4) is 0 Å². The predicted molar refractivity (Wildman–Crippen MR) is 113 cm³/mol. The number of hydrogen-bond donors (Lipinski definition) is 0. The smallest absolute Gasteiger partial charge is 0.191 e. The fourth-order valence-corrected chi connectivity index (χ4v) is 4.21. The molecule has 0 aliphatic carbocycles. The SMILES string of the molecule is Cc1ccc(SCc2nnc(SCC(=O)c3ccc(C)c(C)c3)n2C)cc1. The van der Waals surface area contributed by atoms with E-state index < -0.39 is 0 Å². The largest absolute Gasteiger partial charge is 0.308 e. The minimum Gasteiger partial charge on any atom is -0.308 e. The lowest BCUT2D eigenvalue weighted by atomic mass is 10.0. The second kappa shape index (κ2) is 8.76. The summed E-state index contributed by atoms with van der Waals surface area (Å²) < 4.78 is 1.97. The van der Waals surface area contributed by atoms with Crippen LogP contribution in [-0.4, -0.2) is 26.3 Å². The predicted octanol–water partition coefficient (Wildman–Crippen LogP) is 5.01. The lowest BCUT2D eigenvalue weighted by Crippen LogP contribution is -2.05. The van der Waals surface area contributed by atoms with Gasteiger partial charge in [-0.25, -0.2) is 0 Å². The van der Waals surface area contributed by atoms with Gasteiger partial charge in [-0.1, -0.05) is 41.6 Å². The summed E-state index contributed by atoms with van der Waals surface area (Å²) in [6, 6.07) is 14.3. The van der Waals surface area contributed by atoms with Crippen LogP contribution in [-0.2, 0) is 12.8 Å². The van der Waals surface area contributed by atoms with Crippen molar-refractivity contribution in [2.24, 2.45) is 7.05 Å². The Kier molecular flexibility index (Phi) is 6.39. The fourth-order valence-electron chi connectivity index (χ4n) is 2.51. The van der Waals surface area contributed by atoms with Gasteiger partial charge >= 0.3 is 0 Å². The molecule has 27 heavy (non-hydrogen) atoms. The van der Waals surface area contributed by atoms with Gasteiger partial charge in [0.1, 0.15) is 5.82 Å². The molecule has 1 aromatic heterocycles. The van der Waals surface area contributed by atoms with Gasteiger partial charge in [0.15, 0.2) is 10.9 Å². The van der Waals surface area contributed by atoms with Crippen molar-refractivity contribution in [1.29, 1.82) is 0 Å². The highest BCUT2D eigenvalue weighted by atomic mass is 32.2. The zero-order valence-corrected chi connectivity index (χ0v) is 17.7. The van der Waals surface area contributed by atoms with E-state index in [0.717, 1.165) is 27.9 Å². The molecule has 6 heteroatoms. The quantitative estimate of drug-likeness (QED) is 0.414. The van der Waals surface area contributed by atoms with E-state index in [1.54, 1.807) is 11.8 Å². The van der Waals surface area contributed by atoms with Crippen LogP contribution in [0.4, 0.5) is 0 Å². The summed E-state index contributed by atoms with van der Waals surface area (Å²) >= 11 is 3.17. The molecule has 0 aliphatic heterocycles. The van der Waals surface area contributed by atoms with Crippen molar-refractivity contribution in [2.45, 2.75) is 36.6 Å². The van der Waals surface area contributed by atoms with E-state index in [2.05, 4.69) is 41.4 Å².